The van der Waals surface area contributed by atoms with Crippen molar-refractivity contribution < 1.29 is 28.2 Å². The molecule has 98 valence electrons. The van der Waals surface area contributed by atoms with Crippen molar-refractivity contribution in [2.24, 2.45) is 0 Å². The Morgan fingerprint density at radius 3 is 2.61 bits per heavy atom. The van der Waals surface area contributed by atoms with Gasteiger partial charge in [0.1, 0.15) is 12.2 Å². The highest BCUT2D eigenvalue weighted by Gasteiger charge is 2.11. The molecule has 0 fully saturated rings. The molecular formula is C10H8ClF2NO4. The van der Waals surface area contributed by atoms with Crippen molar-refractivity contribution in [3.05, 3.63) is 23.2 Å². The van der Waals surface area contributed by atoms with Gasteiger partial charge in [0.2, 0.25) is 5.91 Å². The number of anilines is 1. The fourth-order valence-corrected chi connectivity index (χ4v) is 1.34. The highest BCUT2D eigenvalue weighted by molar-refractivity contribution is 6.32. The smallest absolute Gasteiger partial charge is 0.387 e. The third kappa shape index (κ3) is 4.54. The number of carbonyl (C=O) groups is 2. The summed E-state index contributed by atoms with van der Waals surface area (Å²) in [6.45, 7) is -3.00. The van der Waals surface area contributed by atoms with E-state index in [2.05, 4.69) is 10.1 Å². The molecule has 8 heteroatoms. The predicted octanol–water partition coefficient (Wildman–Crippen LogP) is 2.35. The summed E-state index contributed by atoms with van der Waals surface area (Å²) >= 11 is 5.64. The third-order valence-electron chi connectivity index (χ3n) is 1.74. The Morgan fingerprint density at radius 2 is 2.11 bits per heavy atom. The molecule has 0 aliphatic heterocycles. The highest BCUT2D eigenvalue weighted by atomic mass is 35.5. The highest BCUT2D eigenvalue weighted by Crippen LogP contribution is 2.28. The molecule has 0 saturated carbocycles. The van der Waals surface area contributed by atoms with Crippen molar-refractivity contribution in [1.29, 1.82) is 0 Å². The predicted molar refractivity (Wildman–Crippen MR) is 59.0 cm³/mol. The summed E-state index contributed by atoms with van der Waals surface area (Å²) in [6, 6.07) is 3.59. The van der Waals surface area contributed by atoms with Crippen LogP contribution in [-0.4, -0.2) is 23.6 Å². The Balaban J connectivity index is 2.72. The van der Waals surface area contributed by atoms with Crippen LogP contribution in [0.3, 0.4) is 0 Å². The summed E-state index contributed by atoms with van der Waals surface area (Å²) in [5, 5.41) is 10.5. The molecule has 0 saturated heterocycles. The number of amides is 1. The molecule has 0 atom stereocenters. The normalized spacial score (nSPS) is 10.2. The Labute approximate surface area is 105 Å². The van der Waals surface area contributed by atoms with Gasteiger partial charge in [-0.2, -0.15) is 8.78 Å². The van der Waals surface area contributed by atoms with E-state index in [1.54, 1.807) is 0 Å². The van der Waals surface area contributed by atoms with Crippen molar-refractivity contribution >= 4 is 29.2 Å². The second-order valence-corrected chi connectivity index (χ2v) is 3.55. The molecule has 1 amide bonds. The lowest BCUT2D eigenvalue weighted by Crippen LogP contribution is -2.15. The van der Waals surface area contributed by atoms with Crippen molar-refractivity contribution in [3.8, 4) is 5.75 Å². The van der Waals surface area contributed by atoms with Crippen LogP contribution in [0.1, 0.15) is 6.42 Å². The molecule has 0 bridgehead atoms. The number of carbonyl (C=O) groups excluding carboxylic acids is 1. The molecule has 0 unspecified atom stereocenters. The van der Waals surface area contributed by atoms with Gasteiger partial charge in [-0.05, 0) is 18.2 Å². The number of hydrogen-bond donors (Lipinski definition) is 2. The summed E-state index contributed by atoms with van der Waals surface area (Å²) in [6.07, 6.45) is -0.701. The minimum absolute atomic E-state index is 0.122. The number of alkyl halides is 2. The summed E-state index contributed by atoms with van der Waals surface area (Å²) in [4.78, 5) is 21.4. The number of halogens is 3. The van der Waals surface area contributed by atoms with Crippen LogP contribution in [0.15, 0.2) is 18.2 Å². The number of benzene rings is 1. The van der Waals surface area contributed by atoms with Crippen LogP contribution >= 0.6 is 11.6 Å². The van der Waals surface area contributed by atoms with Crippen LogP contribution in [0.2, 0.25) is 5.02 Å². The molecular weight excluding hydrogens is 272 g/mol. The molecule has 18 heavy (non-hydrogen) atoms. The summed E-state index contributed by atoms with van der Waals surface area (Å²) in [5.74, 6) is -2.26. The number of hydrogen-bond acceptors (Lipinski definition) is 3. The summed E-state index contributed by atoms with van der Waals surface area (Å²) < 4.78 is 28.0. The lowest BCUT2D eigenvalue weighted by atomic mass is 10.3. The van der Waals surface area contributed by atoms with Crippen molar-refractivity contribution in [2.45, 2.75) is 13.0 Å². The number of rotatable bonds is 5. The molecule has 0 radical (unpaired) electrons. The first kappa shape index (κ1) is 14.2. The molecule has 0 spiro atoms. The molecule has 2 N–H and O–H groups in total. The van der Waals surface area contributed by atoms with Crippen LogP contribution in [0, 0.1) is 0 Å². The average molecular weight is 280 g/mol. The van der Waals surface area contributed by atoms with Crippen LogP contribution in [0.4, 0.5) is 14.5 Å². The lowest BCUT2D eigenvalue weighted by Gasteiger charge is -2.09. The lowest BCUT2D eigenvalue weighted by molar-refractivity contribution is -0.139. The molecule has 1 aromatic carbocycles. The van der Waals surface area contributed by atoms with Gasteiger partial charge in [-0.15, -0.1) is 0 Å². The second-order valence-electron chi connectivity index (χ2n) is 3.14. The molecule has 5 nitrogen and oxygen atoms in total. The minimum atomic E-state index is -3.00. The largest absolute Gasteiger partial charge is 0.481 e. The number of ether oxygens (including phenoxy) is 1. The van der Waals surface area contributed by atoms with Crippen molar-refractivity contribution in [1.82, 2.24) is 0 Å². The zero-order chi connectivity index (χ0) is 13.7. The van der Waals surface area contributed by atoms with Gasteiger partial charge in [-0.1, -0.05) is 11.6 Å². The van der Waals surface area contributed by atoms with Gasteiger partial charge in [0, 0.05) is 5.69 Å². The fraction of sp³-hybridized carbons (Fsp3) is 0.200. The molecule has 1 rings (SSSR count). The molecule has 0 aromatic heterocycles. The minimum Gasteiger partial charge on any atom is -0.481 e. The van der Waals surface area contributed by atoms with E-state index < -0.39 is 24.9 Å². The summed E-state index contributed by atoms with van der Waals surface area (Å²) in [7, 11) is 0. The zero-order valence-corrected chi connectivity index (χ0v) is 9.58. The van der Waals surface area contributed by atoms with Gasteiger partial charge < -0.3 is 15.2 Å². The average Bonchev–Trinajstić information content (AvgIpc) is 2.20. The topological polar surface area (TPSA) is 75.6 Å². The standard InChI is InChI=1S/C10H8ClF2NO4/c11-6-3-5(14-8(15)4-9(16)17)1-2-7(6)18-10(12)13/h1-3,10H,4H2,(H,14,15)(H,16,17). The molecule has 0 aliphatic rings. The van der Waals surface area contributed by atoms with E-state index in [9.17, 15) is 18.4 Å². The Morgan fingerprint density at radius 1 is 1.44 bits per heavy atom. The Bertz CT molecular complexity index is 467. The SMILES string of the molecule is O=C(O)CC(=O)Nc1ccc(OC(F)F)c(Cl)c1. The van der Waals surface area contributed by atoms with Gasteiger partial charge >= 0.3 is 12.6 Å². The van der Waals surface area contributed by atoms with Gasteiger partial charge in [0.05, 0.1) is 5.02 Å². The van der Waals surface area contributed by atoms with Gasteiger partial charge in [-0.25, -0.2) is 0 Å². The van der Waals surface area contributed by atoms with E-state index in [0.29, 0.717) is 0 Å². The van der Waals surface area contributed by atoms with Crippen LogP contribution in [0.25, 0.3) is 0 Å². The first-order valence-electron chi connectivity index (χ1n) is 4.64. The van der Waals surface area contributed by atoms with E-state index in [1.807, 2.05) is 0 Å². The fourth-order valence-electron chi connectivity index (χ4n) is 1.11. The van der Waals surface area contributed by atoms with Crippen molar-refractivity contribution in [2.75, 3.05) is 5.32 Å². The van der Waals surface area contributed by atoms with Gasteiger partial charge in [-0.3, -0.25) is 9.59 Å². The van der Waals surface area contributed by atoms with E-state index in [4.69, 9.17) is 16.7 Å². The molecule has 0 heterocycles. The second kappa shape index (κ2) is 6.15. The maximum atomic E-state index is 11.9. The third-order valence-corrected chi connectivity index (χ3v) is 2.04. The Hall–Kier alpha value is -1.89. The van der Waals surface area contributed by atoms with Gasteiger partial charge in [0.25, 0.3) is 0 Å². The quantitative estimate of drug-likeness (QED) is 0.811. The first-order valence-corrected chi connectivity index (χ1v) is 5.02. The van der Waals surface area contributed by atoms with E-state index in [0.717, 1.165) is 6.07 Å². The number of carboxylic acids is 1. The van der Waals surface area contributed by atoms with E-state index in [-0.39, 0.29) is 16.5 Å². The van der Waals surface area contributed by atoms with Crippen LogP contribution in [0.5, 0.6) is 5.75 Å². The van der Waals surface area contributed by atoms with Crippen molar-refractivity contribution in [3.63, 3.8) is 0 Å². The number of carboxylic acid groups (broad SMARTS) is 1. The zero-order valence-electron chi connectivity index (χ0n) is 8.82. The van der Waals surface area contributed by atoms with Crippen LogP contribution in [-0.2, 0) is 9.59 Å². The maximum Gasteiger partial charge on any atom is 0.387 e. The van der Waals surface area contributed by atoms with E-state index in [1.165, 1.54) is 12.1 Å². The van der Waals surface area contributed by atoms with Crippen LogP contribution < -0.4 is 10.1 Å². The number of aliphatic carboxylic acids is 1. The molecule has 0 aliphatic carbocycles. The van der Waals surface area contributed by atoms with E-state index >= 15 is 0 Å². The Kier molecular flexibility index (Phi) is 4.85. The monoisotopic (exact) mass is 279 g/mol. The number of nitrogens with one attached hydrogen (secondary N) is 1. The van der Waals surface area contributed by atoms with Gasteiger partial charge in [0.15, 0.2) is 0 Å². The summed E-state index contributed by atoms with van der Waals surface area (Å²) in [5.41, 5.74) is 0.188. The first-order chi connectivity index (χ1) is 8.38. The molecule has 1 aromatic rings. The maximum absolute atomic E-state index is 11.9.